The molecule has 5 heteroatoms. The van der Waals surface area contributed by atoms with Gasteiger partial charge in [-0.25, -0.2) is 0 Å². The van der Waals surface area contributed by atoms with Crippen molar-refractivity contribution in [3.63, 3.8) is 0 Å². The van der Waals surface area contributed by atoms with Crippen LogP contribution in [0.1, 0.15) is 18.4 Å². The molecule has 0 spiro atoms. The average Bonchev–Trinajstić information content (AvgIpc) is 2.95. The number of methoxy groups -OCH3 is 2. The molecule has 0 bridgehead atoms. The number of benzene rings is 1. The molecule has 0 aliphatic heterocycles. The van der Waals surface area contributed by atoms with E-state index in [9.17, 15) is 0 Å². The van der Waals surface area contributed by atoms with Gasteiger partial charge in [0.15, 0.2) is 0 Å². The molecule has 0 atom stereocenters. The summed E-state index contributed by atoms with van der Waals surface area (Å²) in [5.41, 5.74) is 0.823. The molecule has 0 amide bonds. The number of hydrogen-bond acceptors (Lipinski definition) is 3. The molecule has 0 unspecified atom stereocenters. The maximum absolute atomic E-state index is 5.19. The van der Waals surface area contributed by atoms with E-state index in [0.29, 0.717) is 15.0 Å². The molecule has 1 aromatic heterocycles. The Labute approximate surface area is 126 Å². The second-order valence-corrected chi connectivity index (χ2v) is 6.77. The minimum atomic E-state index is -0.371. The van der Waals surface area contributed by atoms with E-state index in [1.807, 2.05) is 16.9 Å². The Kier molecular flexibility index (Phi) is 6.27. The van der Waals surface area contributed by atoms with Gasteiger partial charge in [0.2, 0.25) is 0 Å². The molecule has 0 saturated carbocycles. The Morgan fingerprint density at radius 3 is 2.60 bits per heavy atom. The van der Waals surface area contributed by atoms with Crippen LogP contribution in [0, 0.1) is 0 Å². The fourth-order valence-corrected chi connectivity index (χ4v) is 3.70. The van der Waals surface area contributed by atoms with Crippen LogP contribution >= 0.6 is 0 Å². The number of aryl methyl sites for hydroxylation is 1. The second kappa shape index (κ2) is 8.22. The number of nitrogens with zero attached hydrogens (tertiary/aromatic N) is 2. The monoisotopic (exact) mass is 340 g/mol. The first-order chi connectivity index (χ1) is 9.83. The summed E-state index contributed by atoms with van der Waals surface area (Å²) in [7, 11) is 3.24. The zero-order chi connectivity index (χ0) is 14.2. The van der Waals surface area contributed by atoms with Crippen LogP contribution in [-0.2, 0) is 16.0 Å². The molecule has 0 aliphatic rings. The molecule has 108 valence electrons. The predicted octanol–water partition coefficient (Wildman–Crippen LogP) is 2.01. The van der Waals surface area contributed by atoms with Gasteiger partial charge in [0.1, 0.15) is 0 Å². The SMILES string of the molecule is COC(OC)c1ccn(CCC[Se]c2ccccc2)n1. The number of ether oxygens (including phenoxy) is 2. The standard InChI is InChI=1S/C15H20N2O2Se/c1-18-15(19-2)14-9-11-17(16-14)10-6-12-20-13-7-4-3-5-8-13/h3-5,7-9,11,15H,6,10,12H2,1-2H3. The van der Waals surface area contributed by atoms with Crippen LogP contribution < -0.4 is 4.46 Å². The molecule has 2 rings (SSSR count). The van der Waals surface area contributed by atoms with Crippen molar-refractivity contribution in [2.24, 2.45) is 0 Å². The van der Waals surface area contributed by atoms with E-state index in [-0.39, 0.29) is 6.29 Å². The van der Waals surface area contributed by atoms with Gasteiger partial charge in [0.25, 0.3) is 0 Å². The van der Waals surface area contributed by atoms with E-state index in [2.05, 4.69) is 35.4 Å². The average molecular weight is 339 g/mol. The summed E-state index contributed by atoms with van der Waals surface area (Å²) >= 11 is 0.554. The van der Waals surface area contributed by atoms with Crippen molar-refractivity contribution in [1.82, 2.24) is 9.78 Å². The third kappa shape index (κ3) is 4.46. The number of rotatable bonds is 8. The summed E-state index contributed by atoms with van der Waals surface area (Å²) in [5.74, 6) is 0. The topological polar surface area (TPSA) is 36.3 Å². The van der Waals surface area contributed by atoms with Gasteiger partial charge in [-0.15, -0.1) is 0 Å². The van der Waals surface area contributed by atoms with Gasteiger partial charge in [-0.2, -0.15) is 0 Å². The molecule has 0 aliphatic carbocycles. The third-order valence-electron chi connectivity index (χ3n) is 2.87. The van der Waals surface area contributed by atoms with Gasteiger partial charge < -0.3 is 0 Å². The van der Waals surface area contributed by atoms with Crippen molar-refractivity contribution in [2.45, 2.75) is 24.6 Å². The molecule has 1 aromatic carbocycles. The fourth-order valence-electron chi connectivity index (χ4n) is 1.90. The summed E-state index contributed by atoms with van der Waals surface area (Å²) in [6, 6.07) is 12.6. The zero-order valence-corrected chi connectivity index (χ0v) is 13.6. The summed E-state index contributed by atoms with van der Waals surface area (Å²) in [5, 5.41) is 5.70. The second-order valence-electron chi connectivity index (χ2n) is 4.32. The van der Waals surface area contributed by atoms with E-state index in [1.54, 1.807) is 14.2 Å². The molecule has 0 fully saturated rings. The van der Waals surface area contributed by atoms with Gasteiger partial charge in [0, 0.05) is 0 Å². The molecule has 4 nitrogen and oxygen atoms in total. The van der Waals surface area contributed by atoms with E-state index in [4.69, 9.17) is 9.47 Å². The summed E-state index contributed by atoms with van der Waals surface area (Å²) in [6.45, 7) is 0.939. The van der Waals surface area contributed by atoms with E-state index < -0.39 is 0 Å². The fraction of sp³-hybridized carbons (Fsp3) is 0.400. The molecule has 0 saturated heterocycles. The molecule has 0 N–H and O–H groups in total. The summed E-state index contributed by atoms with van der Waals surface area (Å²) in [6.07, 6.45) is 2.75. The molecule has 2 aromatic rings. The van der Waals surface area contributed by atoms with Crippen molar-refractivity contribution in [2.75, 3.05) is 14.2 Å². The van der Waals surface area contributed by atoms with Gasteiger partial charge in [-0.3, -0.25) is 0 Å². The molecule has 20 heavy (non-hydrogen) atoms. The first kappa shape index (κ1) is 15.3. The van der Waals surface area contributed by atoms with Crippen LogP contribution in [0.15, 0.2) is 42.6 Å². The third-order valence-corrected chi connectivity index (χ3v) is 5.18. The predicted molar refractivity (Wildman–Crippen MR) is 80.2 cm³/mol. The zero-order valence-electron chi connectivity index (χ0n) is 11.9. The van der Waals surface area contributed by atoms with Gasteiger partial charge in [-0.1, -0.05) is 0 Å². The van der Waals surface area contributed by atoms with Crippen LogP contribution in [0.2, 0.25) is 5.32 Å². The Balaban J connectivity index is 1.74. The maximum atomic E-state index is 5.19. The van der Waals surface area contributed by atoms with Crippen molar-refractivity contribution in [1.29, 1.82) is 0 Å². The van der Waals surface area contributed by atoms with Crippen LogP contribution in [0.25, 0.3) is 0 Å². The Morgan fingerprint density at radius 2 is 1.90 bits per heavy atom. The Bertz CT molecular complexity index is 498. The summed E-state index contributed by atoms with van der Waals surface area (Å²) in [4.78, 5) is 0. The Morgan fingerprint density at radius 1 is 1.15 bits per heavy atom. The number of aromatic nitrogens is 2. The van der Waals surface area contributed by atoms with Crippen molar-refractivity contribution < 1.29 is 9.47 Å². The van der Waals surface area contributed by atoms with Crippen LogP contribution in [0.3, 0.4) is 0 Å². The molecular weight excluding hydrogens is 319 g/mol. The van der Waals surface area contributed by atoms with Crippen molar-refractivity contribution >= 4 is 19.4 Å². The molecule has 0 radical (unpaired) electrons. The van der Waals surface area contributed by atoms with E-state index in [1.165, 1.54) is 9.78 Å². The van der Waals surface area contributed by atoms with Gasteiger partial charge in [0.05, 0.1) is 0 Å². The molecular formula is C15H20N2O2Se. The van der Waals surface area contributed by atoms with Gasteiger partial charge in [-0.05, 0) is 0 Å². The first-order valence-electron chi connectivity index (χ1n) is 6.60. The van der Waals surface area contributed by atoms with Crippen LogP contribution in [0.5, 0.6) is 0 Å². The van der Waals surface area contributed by atoms with E-state index in [0.717, 1.165) is 18.7 Å². The first-order valence-corrected chi connectivity index (χ1v) is 8.67. The van der Waals surface area contributed by atoms with Crippen molar-refractivity contribution in [3.05, 3.63) is 48.3 Å². The van der Waals surface area contributed by atoms with Gasteiger partial charge >= 0.3 is 126 Å². The minimum absolute atomic E-state index is 0.371. The van der Waals surface area contributed by atoms with E-state index >= 15 is 0 Å². The van der Waals surface area contributed by atoms with Crippen LogP contribution in [0.4, 0.5) is 0 Å². The Hall–Kier alpha value is -1.13. The van der Waals surface area contributed by atoms with Crippen molar-refractivity contribution in [3.8, 4) is 0 Å². The quantitative estimate of drug-likeness (QED) is 0.419. The van der Waals surface area contributed by atoms with Crippen LogP contribution in [-0.4, -0.2) is 39.0 Å². The normalized spacial score (nSPS) is 11.2. The number of hydrogen-bond donors (Lipinski definition) is 0. The molecule has 1 heterocycles. The summed E-state index contributed by atoms with van der Waals surface area (Å²) < 4.78 is 13.8.